The Labute approximate surface area is 285 Å². The first-order chi connectivity index (χ1) is 22.8. The SMILES string of the molecule is CCCN(CCC)C(=O)c1cc(C)cc(C(=O)N[C@@H](Cc2cc(F)cc(F)c2)[C@H](O)CCNC(=O)CO[C@H]2C[C@@H](C)CC[C@@H]2C(C)C)c1. The number of carbonyl (C=O) groups excluding carboxylic acids is 3. The molecule has 0 bridgehead atoms. The molecule has 0 spiro atoms. The van der Waals surface area contributed by atoms with Gasteiger partial charge in [0.2, 0.25) is 5.91 Å². The van der Waals surface area contributed by atoms with Crippen molar-refractivity contribution in [3.63, 3.8) is 0 Å². The largest absolute Gasteiger partial charge is 0.391 e. The molecule has 1 aliphatic carbocycles. The molecule has 48 heavy (non-hydrogen) atoms. The summed E-state index contributed by atoms with van der Waals surface area (Å²) in [5, 5.41) is 16.8. The molecule has 0 saturated heterocycles. The fraction of sp³-hybridized carbons (Fsp3) is 0.605. The van der Waals surface area contributed by atoms with E-state index in [9.17, 15) is 28.3 Å². The number of benzene rings is 2. The van der Waals surface area contributed by atoms with Crippen LogP contribution in [0.1, 0.15) is 105 Å². The van der Waals surface area contributed by atoms with Gasteiger partial charge in [-0.15, -0.1) is 0 Å². The molecule has 1 saturated carbocycles. The summed E-state index contributed by atoms with van der Waals surface area (Å²) in [6.07, 6.45) is 3.63. The highest BCUT2D eigenvalue weighted by molar-refractivity contribution is 6.00. The molecular weight excluding hydrogens is 616 g/mol. The van der Waals surface area contributed by atoms with Crippen LogP contribution in [0.3, 0.4) is 0 Å². The molecule has 2 aromatic carbocycles. The number of hydrogen-bond acceptors (Lipinski definition) is 5. The number of rotatable bonds is 17. The van der Waals surface area contributed by atoms with Crippen LogP contribution in [0.5, 0.6) is 0 Å². The summed E-state index contributed by atoms with van der Waals surface area (Å²) in [6.45, 7) is 13.6. The first-order valence-corrected chi connectivity index (χ1v) is 17.5. The number of ether oxygens (including phenoxy) is 1. The van der Waals surface area contributed by atoms with Gasteiger partial charge in [-0.1, -0.05) is 41.0 Å². The van der Waals surface area contributed by atoms with Crippen molar-refractivity contribution in [1.82, 2.24) is 15.5 Å². The second-order valence-electron chi connectivity index (χ2n) is 13.8. The summed E-state index contributed by atoms with van der Waals surface area (Å²) in [4.78, 5) is 41.3. The molecule has 0 aliphatic heterocycles. The third-order valence-corrected chi connectivity index (χ3v) is 9.17. The lowest BCUT2D eigenvalue weighted by atomic mass is 9.75. The van der Waals surface area contributed by atoms with Crippen molar-refractivity contribution in [1.29, 1.82) is 0 Å². The van der Waals surface area contributed by atoms with Gasteiger partial charge in [0.25, 0.3) is 11.8 Å². The van der Waals surface area contributed by atoms with E-state index in [-0.39, 0.29) is 55.0 Å². The highest BCUT2D eigenvalue weighted by Gasteiger charge is 2.32. The van der Waals surface area contributed by atoms with Crippen molar-refractivity contribution < 1.29 is 33.0 Å². The summed E-state index contributed by atoms with van der Waals surface area (Å²) in [7, 11) is 0. The number of carbonyl (C=O) groups is 3. The third-order valence-electron chi connectivity index (χ3n) is 9.17. The van der Waals surface area contributed by atoms with E-state index >= 15 is 0 Å². The van der Waals surface area contributed by atoms with Crippen LogP contribution in [-0.2, 0) is 16.0 Å². The lowest BCUT2D eigenvalue weighted by Crippen LogP contribution is -2.46. The zero-order valence-electron chi connectivity index (χ0n) is 29.5. The molecule has 3 amide bonds. The minimum Gasteiger partial charge on any atom is -0.391 e. The van der Waals surface area contributed by atoms with E-state index in [2.05, 4.69) is 31.4 Å². The van der Waals surface area contributed by atoms with Gasteiger partial charge in [-0.2, -0.15) is 0 Å². The van der Waals surface area contributed by atoms with Gasteiger partial charge in [0.05, 0.1) is 18.2 Å². The van der Waals surface area contributed by atoms with Gasteiger partial charge in [0, 0.05) is 36.8 Å². The van der Waals surface area contributed by atoms with Gasteiger partial charge in [-0.25, -0.2) is 8.78 Å². The number of aliphatic hydroxyl groups is 1. The molecule has 0 aromatic heterocycles. The van der Waals surface area contributed by atoms with Crippen molar-refractivity contribution in [3.05, 3.63) is 70.3 Å². The number of aliphatic hydroxyl groups excluding tert-OH is 1. The molecule has 1 fully saturated rings. The van der Waals surface area contributed by atoms with Gasteiger partial charge >= 0.3 is 0 Å². The van der Waals surface area contributed by atoms with E-state index in [1.165, 1.54) is 6.07 Å². The molecule has 3 rings (SSSR count). The molecule has 5 atom stereocenters. The molecule has 0 radical (unpaired) electrons. The maximum absolute atomic E-state index is 14.0. The minimum atomic E-state index is -1.17. The standard InChI is InChI=1S/C38H55F2N3O5/c1-7-13-43(14-8-2)38(47)29-16-26(6)15-28(21-29)37(46)42-33(20-27-18-30(39)22-31(40)19-27)34(44)11-12-41-36(45)23-48-35-17-25(5)9-10-32(35)24(3)4/h15-16,18-19,21-22,24-25,32-35,44H,7-14,17,20,23H2,1-6H3,(H,41,45)(H,42,46)/t25-,32+,33-,34+,35-/m0/s1. The van der Waals surface area contributed by atoms with Crippen LogP contribution in [0.2, 0.25) is 0 Å². The Morgan fingerprint density at radius 3 is 2.25 bits per heavy atom. The Kier molecular flexibility index (Phi) is 15.5. The van der Waals surface area contributed by atoms with E-state index in [0.717, 1.165) is 55.9 Å². The van der Waals surface area contributed by atoms with E-state index < -0.39 is 29.7 Å². The number of nitrogens with one attached hydrogen (secondary N) is 2. The summed E-state index contributed by atoms with van der Waals surface area (Å²) < 4.78 is 34.1. The lowest BCUT2D eigenvalue weighted by Gasteiger charge is -2.37. The van der Waals surface area contributed by atoms with Crippen molar-refractivity contribution in [2.75, 3.05) is 26.2 Å². The molecule has 8 nitrogen and oxygen atoms in total. The average molecular weight is 672 g/mol. The Morgan fingerprint density at radius 1 is 0.979 bits per heavy atom. The van der Waals surface area contributed by atoms with E-state index in [4.69, 9.17) is 4.74 Å². The summed E-state index contributed by atoms with van der Waals surface area (Å²) in [5.74, 6) is -1.13. The number of nitrogens with zero attached hydrogens (tertiary/aromatic N) is 1. The van der Waals surface area contributed by atoms with Gasteiger partial charge in [-0.05, 0) is 105 Å². The first kappa shape index (κ1) is 39.1. The summed E-state index contributed by atoms with van der Waals surface area (Å²) >= 11 is 0. The van der Waals surface area contributed by atoms with E-state index in [0.29, 0.717) is 36.4 Å². The predicted octanol–water partition coefficient (Wildman–Crippen LogP) is 6.22. The highest BCUT2D eigenvalue weighted by atomic mass is 19.1. The van der Waals surface area contributed by atoms with E-state index in [1.54, 1.807) is 24.0 Å². The number of aryl methyl sites for hydroxylation is 1. The van der Waals surface area contributed by atoms with Crippen LogP contribution in [0.25, 0.3) is 0 Å². The molecule has 3 N–H and O–H groups in total. The predicted molar refractivity (Wildman–Crippen MR) is 184 cm³/mol. The Hall–Kier alpha value is -3.37. The fourth-order valence-electron chi connectivity index (χ4n) is 6.69. The minimum absolute atomic E-state index is 0.0233. The van der Waals surface area contributed by atoms with Gasteiger partial charge < -0.3 is 25.4 Å². The number of halogens is 2. The van der Waals surface area contributed by atoms with Gasteiger partial charge in [0.1, 0.15) is 18.2 Å². The fourth-order valence-corrected chi connectivity index (χ4v) is 6.69. The average Bonchev–Trinajstić information content (AvgIpc) is 3.02. The maximum atomic E-state index is 14.0. The monoisotopic (exact) mass is 671 g/mol. The number of hydrogen-bond donors (Lipinski definition) is 3. The first-order valence-electron chi connectivity index (χ1n) is 17.5. The van der Waals surface area contributed by atoms with Crippen LogP contribution in [0, 0.1) is 36.3 Å². The Morgan fingerprint density at radius 2 is 1.62 bits per heavy atom. The molecule has 266 valence electrons. The smallest absolute Gasteiger partial charge is 0.253 e. The molecule has 1 aliphatic rings. The second-order valence-corrected chi connectivity index (χ2v) is 13.8. The van der Waals surface area contributed by atoms with E-state index in [1.807, 2.05) is 13.8 Å². The lowest BCUT2D eigenvalue weighted by molar-refractivity contribution is -0.131. The van der Waals surface area contributed by atoms with Crippen LogP contribution in [0.4, 0.5) is 8.78 Å². The van der Waals surface area contributed by atoms with Crippen molar-refractivity contribution in [2.24, 2.45) is 17.8 Å². The van der Waals surface area contributed by atoms with Crippen LogP contribution < -0.4 is 10.6 Å². The molecule has 0 heterocycles. The zero-order valence-corrected chi connectivity index (χ0v) is 29.5. The number of amides is 3. The maximum Gasteiger partial charge on any atom is 0.253 e. The van der Waals surface area contributed by atoms with Gasteiger partial charge in [-0.3, -0.25) is 14.4 Å². The van der Waals surface area contributed by atoms with Crippen LogP contribution >= 0.6 is 0 Å². The molecule has 0 unspecified atom stereocenters. The Bertz CT molecular complexity index is 1340. The molecule has 10 heteroatoms. The summed E-state index contributed by atoms with van der Waals surface area (Å²) in [6, 6.07) is 7.05. The van der Waals surface area contributed by atoms with Crippen LogP contribution in [0.15, 0.2) is 36.4 Å². The molecular formula is C38H55F2N3O5. The summed E-state index contributed by atoms with van der Waals surface area (Å²) in [5.41, 5.74) is 1.59. The molecule has 2 aromatic rings. The topological polar surface area (TPSA) is 108 Å². The van der Waals surface area contributed by atoms with Crippen molar-refractivity contribution in [3.8, 4) is 0 Å². The second kappa shape index (κ2) is 19.0. The quantitative estimate of drug-likeness (QED) is 0.185. The zero-order chi connectivity index (χ0) is 35.4. The van der Waals surface area contributed by atoms with Crippen LogP contribution in [-0.4, -0.2) is 72.2 Å². The third kappa shape index (κ3) is 11.9. The Balaban J connectivity index is 1.69. The normalized spacial score (nSPS) is 19.1. The van der Waals surface area contributed by atoms with Crippen molar-refractivity contribution >= 4 is 17.7 Å². The van der Waals surface area contributed by atoms with Crippen molar-refractivity contribution in [2.45, 2.75) is 105 Å². The van der Waals surface area contributed by atoms with Gasteiger partial charge in [0.15, 0.2) is 0 Å². The highest BCUT2D eigenvalue weighted by Crippen LogP contribution is 2.35.